The number of hydrogen-bond acceptors (Lipinski definition) is 2. The first kappa shape index (κ1) is 11.0. The van der Waals surface area contributed by atoms with Crippen LogP contribution < -0.4 is 5.32 Å². The van der Waals surface area contributed by atoms with Gasteiger partial charge in [0.15, 0.2) is 0 Å². The van der Waals surface area contributed by atoms with Gasteiger partial charge in [-0.1, -0.05) is 15.9 Å². The molecular formula is C12H16BrNO. The van der Waals surface area contributed by atoms with E-state index in [0.717, 1.165) is 22.5 Å². The molecule has 1 aromatic rings. The highest BCUT2D eigenvalue weighted by atomic mass is 79.9. The molecule has 0 aliphatic heterocycles. The van der Waals surface area contributed by atoms with E-state index in [1.165, 1.54) is 12.8 Å². The topological polar surface area (TPSA) is 32.3 Å². The molecule has 3 heteroatoms. The Hall–Kier alpha value is -0.540. The number of halogens is 1. The monoisotopic (exact) mass is 269 g/mol. The van der Waals surface area contributed by atoms with Crippen LogP contribution in [0, 0.1) is 5.92 Å². The molecule has 0 heterocycles. The summed E-state index contributed by atoms with van der Waals surface area (Å²) in [5.74, 6) is 1.23. The molecule has 0 saturated heterocycles. The second-order valence-corrected chi connectivity index (χ2v) is 5.19. The minimum atomic E-state index is 0.211. The van der Waals surface area contributed by atoms with Crippen molar-refractivity contribution in [2.45, 2.75) is 25.8 Å². The predicted octanol–water partition coefficient (Wildman–Crippen LogP) is 3.22. The molecular weight excluding hydrogens is 254 g/mol. The van der Waals surface area contributed by atoms with Crippen molar-refractivity contribution in [3.63, 3.8) is 0 Å². The Labute approximate surface area is 98.8 Å². The molecule has 1 aliphatic rings. The van der Waals surface area contributed by atoms with Crippen LogP contribution in [0.4, 0.5) is 0 Å². The molecule has 2 nitrogen and oxygen atoms in total. The summed E-state index contributed by atoms with van der Waals surface area (Å²) in [4.78, 5) is 0. The van der Waals surface area contributed by atoms with Gasteiger partial charge in [0, 0.05) is 16.1 Å². The smallest absolute Gasteiger partial charge is 0.120 e. The molecule has 0 spiro atoms. The van der Waals surface area contributed by atoms with Crippen molar-refractivity contribution in [1.29, 1.82) is 0 Å². The van der Waals surface area contributed by atoms with E-state index in [1.807, 2.05) is 12.1 Å². The third-order valence-electron chi connectivity index (χ3n) is 2.87. The number of phenols is 1. The molecule has 1 aliphatic carbocycles. The normalized spacial score (nSPS) is 17.7. The predicted molar refractivity (Wildman–Crippen MR) is 64.9 cm³/mol. The number of rotatable bonds is 4. The van der Waals surface area contributed by atoms with E-state index in [2.05, 4.69) is 28.2 Å². The van der Waals surface area contributed by atoms with E-state index in [9.17, 15) is 5.11 Å². The van der Waals surface area contributed by atoms with E-state index >= 15 is 0 Å². The molecule has 0 radical (unpaired) electrons. The maximum Gasteiger partial charge on any atom is 0.120 e. The first-order valence-corrected chi connectivity index (χ1v) is 6.18. The van der Waals surface area contributed by atoms with E-state index in [0.29, 0.717) is 5.75 Å². The Bertz CT molecular complexity index is 349. The van der Waals surface area contributed by atoms with Gasteiger partial charge < -0.3 is 10.4 Å². The molecule has 0 bridgehead atoms. The minimum Gasteiger partial charge on any atom is -0.508 e. The van der Waals surface area contributed by atoms with Crippen molar-refractivity contribution in [3.05, 3.63) is 28.2 Å². The fraction of sp³-hybridized carbons (Fsp3) is 0.500. The average molecular weight is 270 g/mol. The summed E-state index contributed by atoms with van der Waals surface area (Å²) in [6.07, 6.45) is 2.70. The zero-order chi connectivity index (χ0) is 10.8. The van der Waals surface area contributed by atoms with Crippen LogP contribution in [0.3, 0.4) is 0 Å². The highest BCUT2D eigenvalue weighted by Crippen LogP contribution is 2.30. The lowest BCUT2D eigenvalue weighted by Gasteiger charge is -2.15. The Kier molecular flexibility index (Phi) is 3.32. The van der Waals surface area contributed by atoms with Crippen LogP contribution in [0.25, 0.3) is 0 Å². The van der Waals surface area contributed by atoms with Gasteiger partial charge in [-0.25, -0.2) is 0 Å². The summed E-state index contributed by atoms with van der Waals surface area (Å²) in [6.45, 7) is 3.15. The lowest BCUT2D eigenvalue weighted by Crippen LogP contribution is -2.21. The van der Waals surface area contributed by atoms with Gasteiger partial charge in [0.05, 0.1) is 0 Å². The standard InChI is InChI=1S/C12H16BrNO/c1-8(14-7-9-2-3-9)11-6-10(13)4-5-12(11)15/h4-6,8-9,14-15H,2-3,7H2,1H3. The molecule has 82 valence electrons. The van der Waals surface area contributed by atoms with Gasteiger partial charge in [0.2, 0.25) is 0 Å². The number of aromatic hydroxyl groups is 1. The van der Waals surface area contributed by atoms with Crippen LogP contribution in [0.5, 0.6) is 5.75 Å². The lowest BCUT2D eigenvalue weighted by atomic mass is 10.1. The van der Waals surface area contributed by atoms with Crippen molar-refractivity contribution < 1.29 is 5.11 Å². The van der Waals surface area contributed by atoms with E-state index in [1.54, 1.807) is 6.07 Å². The van der Waals surface area contributed by atoms with Crippen molar-refractivity contribution in [1.82, 2.24) is 5.32 Å². The fourth-order valence-electron chi connectivity index (χ4n) is 1.65. The Morgan fingerprint density at radius 3 is 2.93 bits per heavy atom. The van der Waals surface area contributed by atoms with Gasteiger partial charge in [-0.15, -0.1) is 0 Å². The molecule has 15 heavy (non-hydrogen) atoms. The molecule has 0 aromatic heterocycles. The van der Waals surface area contributed by atoms with Crippen molar-refractivity contribution in [3.8, 4) is 5.75 Å². The SMILES string of the molecule is CC(NCC1CC1)c1cc(Br)ccc1O. The van der Waals surface area contributed by atoms with Gasteiger partial charge in [-0.3, -0.25) is 0 Å². The maximum atomic E-state index is 9.73. The summed E-state index contributed by atoms with van der Waals surface area (Å²) >= 11 is 3.42. The summed E-state index contributed by atoms with van der Waals surface area (Å²) in [6, 6.07) is 5.77. The molecule has 2 rings (SSSR count). The van der Waals surface area contributed by atoms with Crippen LogP contribution in [-0.4, -0.2) is 11.7 Å². The zero-order valence-electron chi connectivity index (χ0n) is 8.83. The largest absolute Gasteiger partial charge is 0.508 e. The van der Waals surface area contributed by atoms with Crippen LogP contribution in [0.2, 0.25) is 0 Å². The van der Waals surface area contributed by atoms with Gasteiger partial charge in [-0.2, -0.15) is 0 Å². The molecule has 2 N–H and O–H groups in total. The number of phenolic OH excluding ortho intramolecular Hbond substituents is 1. The number of benzene rings is 1. The van der Waals surface area contributed by atoms with Gasteiger partial charge in [0.25, 0.3) is 0 Å². The highest BCUT2D eigenvalue weighted by molar-refractivity contribution is 9.10. The van der Waals surface area contributed by atoms with Gasteiger partial charge >= 0.3 is 0 Å². The van der Waals surface area contributed by atoms with E-state index < -0.39 is 0 Å². The fourth-order valence-corrected chi connectivity index (χ4v) is 2.03. The third-order valence-corrected chi connectivity index (χ3v) is 3.36. The average Bonchev–Trinajstić information content (AvgIpc) is 3.02. The molecule has 1 atom stereocenters. The first-order valence-electron chi connectivity index (χ1n) is 5.38. The van der Waals surface area contributed by atoms with Gasteiger partial charge in [-0.05, 0) is 50.4 Å². The Balaban J connectivity index is 2.02. The summed E-state index contributed by atoms with van der Waals surface area (Å²) in [7, 11) is 0. The van der Waals surface area contributed by atoms with Crippen LogP contribution >= 0.6 is 15.9 Å². The molecule has 1 fully saturated rings. The van der Waals surface area contributed by atoms with Crippen molar-refractivity contribution in [2.75, 3.05) is 6.54 Å². The quantitative estimate of drug-likeness (QED) is 0.880. The number of hydrogen-bond donors (Lipinski definition) is 2. The van der Waals surface area contributed by atoms with Crippen LogP contribution in [-0.2, 0) is 0 Å². The molecule has 1 aromatic carbocycles. The van der Waals surface area contributed by atoms with Crippen LogP contribution in [0.1, 0.15) is 31.4 Å². The molecule has 1 unspecified atom stereocenters. The van der Waals surface area contributed by atoms with E-state index in [4.69, 9.17) is 0 Å². The Morgan fingerprint density at radius 2 is 2.27 bits per heavy atom. The second-order valence-electron chi connectivity index (χ2n) is 4.28. The zero-order valence-corrected chi connectivity index (χ0v) is 10.4. The van der Waals surface area contributed by atoms with Crippen molar-refractivity contribution in [2.24, 2.45) is 5.92 Å². The lowest BCUT2D eigenvalue weighted by molar-refractivity contribution is 0.450. The molecule has 0 amide bonds. The van der Waals surface area contributed by atoms with Gasteiger partial charge in [0.1, 0.15) is 5.75 Å². The minimum absolute atomic E-state index is 0.211. The second kappa shape index (κ2) is 4.54. The maximum absolute atomic E-state index is 9.73. The third kappa shape index (κ3) is 2.95. The molecule has 1 saturated carbocycles. The Morgan fingerprint density at radius 1 is 1.53 bits per heavy atom. The van der Waals surface area contributed by atoms with E-state index in [-0.39, 0.29) is 6.04 Å². The number of nitrogens with one attached hydrogen (secondary N) is 1. The van der Waals surface area contributed by atoms with Crippen molar-refractivity contribution >= 4 is 15.9 Å². The summed E-state index contributed by atoms with van der Waals surface area (Å²) < 4.78 is 1.01. The van der Waals surface area contributed by atoms with Crippen LogP contribution in [0.15, 0.2) is 22.7 Å². The highest BCUT2D eigenvalue weighted by Gasteiger charge is 2.22. The summed E-state index contributed by atoms with van der Waals surface area (Å²) in [5, 5.41) is 13.2. The first-order chi connectivity index (χ1) is 7.16. The summed E-state index contributed by atoms with van der Waals surface area (Å²) in [5.41, 5.74) is 0.963.